The van der Waals surface area contributed by atoms with Gasteiger partial charge in [-0.05, 0) is 40.5 Å². The lowest BCUT2D eigenvalue weighted by atomic mass is 10.1. The highest BCUT2D eigenvalue weighted by molar-refractivity contribution is 5.80. The number of aliphatic carboxylic acids is 1. The Balaban J connectivity index is 2.86. The lowest BCUT2D eigenvalue weighted by molar-refractivity contribution is -0.143. The fourth-order valence-electron chi connectivity index (χ4n) is 1.86. The number of carbonyl (C=O) groups is 2. The standard InChI is InChI=1S/C13H21NO4/c1-9(11(15)16)14(10-7-5-6-8-10)12(17)18-13(2,3)4/h5,7,9-10H,6,8H2,1-4H3,(H,15,16). The van der Waals surface area contributed by atoms with Crippen LogP contribution in [0.2, 0.25) is 0 Å². The van der Waals surface area contributed by atoms with Crippen molar-refractivity contribution in [3.05, 3.63) is 12.2 Å². The second kappa shape index (κ2) is 5.42. The van der Waals surface area contributed by atoms with Gasteiger partial charge in [0.05, 0.1) is 6.04 Å². The number of rotatable bonds is 3. The number of amides is 1. The number of carboxylic acid groups (broad SMARTS) is 1. The third kappa shape index (κ3) is 3.75. The molecule has 0 spiro atoms. The molecule has 0 radical (unpaired) electrons. The minimum absolute atomic E-state index is 0.189. The van der Waals surface area contributed by atoms with E-state index in [1.165, 1.54) is 11.8 Å². The van der Waals surface area contributed by atoms with Crippen LogP contribution in [0.25, 0.3) is 0 Å². The molecule has 102 valence electrons. The smallest absolute Gasteiger partial charge is 0.411 e. The summed E-state index contributed by atoms with van der Waals surface area (Å²) in [7, 11) is 0. The molecule has 2 unspecified atom stereocenters. The van der Waals surface area contributed by atoms with Crippen LogP contribution < -0.4 is 0 Å². The fraction of sp³-hybridized carbons (Fsp3) is 0.692. The van der Waals surface area contributed by atoms with Gasteiger partial charge >= 0.3 is 12.1 Å². The Hall–Kier alpha value is -1.52. The Morgan fingerprint density at radius 3 is 2.44 bits per heavy atom. The number of hydrogen-bond acceptors (Lipinski definition) is 3. The van der Waals surface area contributed by atoms with Gasteiger partial charge in [-0.15, -0.1) is 0 Å². The number of nitrogens with zero attached hydrogens (tertiary/aromatic N) is 1. The molecule has 0 aromatic rings. The van der Waals surface area contributed by atoms with E-state index >= 15 is 0 Å². The maximum absolute atomic E-state index is 12.1. The average molecular weight is 255 g/mol. The number of carboxylic acids is 1. The first-order valence-corrected chi connectivity index (χ1v) is 6.13. The zero-order valence-corrected chi connectivity index (χ0v) is 11.3. The summed E-state index contributed by atoms with van der Waals surface area (Å²) in [6.45, 7) is 6.79. The second-order valence-corrected chi connectivity index (χ2v) is 5.47. The van der Waals surface area contributed by atoms with Gasteiger partial charge in [-0.25, -0.2) is 9.59 Å². The minimum Gasteiger partial charge on any atom is -0.480 e. The summed E-state index contributed by atoms with van der Waals surface area (Å²) in [6.07, 6.45) is 4.85. The van der Waals surface area contributed by atoms with Gasteiger partial charge in [0.25, 0.3) is 0 Å². The molecular weight excluding hydrogens is 234 g/mol. The molecule has 0 aliphatic heterocycles. The van der Waals surface area contributed by atoms with Crippen LogP contribution in [0, 0.1) is 0 Å². The third-order valence-corrected chi connectivity index (χ3v) is 2.72. The first-order valence-electron chi connectivity index (χ1n) is 6.13. The molecule has 1 aliphatic rings. The topological polar surface area (TPSA) is 66.8 Å². The van der Waals surface area contributed by atoms with E-state index in [0.29, 0.717) is 0 Å². The molecular formula is C13H21NO4. The van der Waals surface area contributed by atoms with Crippen LogP contribution in [0.4, 0.5) is 4.79 Å². The molecule has 0 saturated heterocycles. The van der Waals surface area contributed by atoms with Gasteiger partial charge in [0.1, 0.15) is 11.6 Å². The van der Waals surface area contributed by atoms with E-state index in [-0.39, 0.29) is 6.04 Å². The molecule has 18 heavy (non-hydrogen) atoms. The highest BCUT2D eigenvalue weighted by Crippen LogP contribution is 2.22. The molecule has 2 atom stereocenters. The summed E-state index contributed by atoms with van der Waals surface area (Å²) in [5, 5.41) is 9.09. The van der Waals surface area contributed by atoms with E-state index in [9.17, 15) is 9.59 Å². The lowest BCUT2D eigenvalue weighted by Gasteiger charge is -2.33. The molecule has 0 saturated carbocycles. The Labute approximate surface area is 107 Å². The van der Waals surface area contributed by atoms with E-state index < -0.39 is 23.7 Å². The molecule has 0 fully saturated rings. The minimum atomic E-state index is -1.03. The predicted molar refractivity (Wildman–Crippen MR) is 67.3 cm³/mol. The predicted octanol–water partition coefficient (Wildman–Crippen LogP) is 2.42. The summed E-state index contributed by atoms with van der Waals surface area (Å²) in [4.78, 5) is 24.5. The van der Waals surface area contributed by atoms with Gasteiger partial charge in [0.2, 0.25) is 0 Å². The molecule has 1 rings (SSSR count). The second-order valence-electron chi connectivity index (χ2n) is 5.47. The zero-order chi connectivity index (χ0) is 13.9. The largest absolute Gasteiger partial charge is 0.480 e. The van der Waals surface area contributed by atoms with Crippen LogP contribution in [0.1, 0.15) is 40.5 Å². The molecule has 0 bridgehead atoms. The fourth-order valence-corrected chi connectivity index (χ4v) is 1.86. The molecule has 1 N–H and O–H groups in total. The van der Waals surface area contributed by atoms with Crippen molar-refractivity contribution in [3.63, 3.8) is 0 Å². The van der Waals surface area contributed by atoms with E-state index in [1.807, 2.05) is 12.2 Å². The Morgan fingerprint density at radius 2 is 2.06 bits per heavy atom. The average Bonchev–Trinajstić information content (AvgIpc) is 2.67. The maximum Gasteiger partial charge on any atom is 0.411 e. The van der Waals surface area contributed by atoms with Crippen LogP contribution in [0.15, 0.2) is 12.2 Å². The van der Waals surface area contributed by atoms with Crippen molar-refractivity contribution >= 4 is 12.1 Å². The summed E-state index contributed by atoms with van der Waals surface area (Å²) in [6, 6.07) is -1.08. The molecule has 0 aromatic carbocycles. The number of hydrogen-bond donors (Lipinski definition) is 1. The van der Waals surface area contributed by atoms with E-state index in [4.69, 9.17) is 9.84 Å². The van der Waals surface area contributed by atoms with Crippen LogP contribution >= 0.6 is 0 Å². The van der Waals surface area contributed by atoms with Crippen molar-refractivity contribution in [2.24, 2.45) is 0 Å². The van der Waals surface area contributed by atoms with Gasteiger partial charge in [0, 0.05) is 0 Å². The molecule has 5 nitrogen and oxygen atoms in total. The quantitative estimate of drug-likeness (QED) is 0.786. The summed E-state index contributed by atoms with van der Waals surface area (Å²) in [5.74, 6) is -1.03. The maximum atomic E-state index is 12.1. The van der Waals surface area contributed by atoms with Gasteiger partial charge in [-0.2, -0.15) is 0 Å². The monoisotopic (exact) mass is 255 g/mol. The van der Waals surface area contributed by atoms with E-state index in [0.717, 1.165) is 12.8 Å². The van der Waals surface area contributed by atoms with Crippen LogP contribution in [-0.2, 0) is 9.53 Å². The van der Waals surface area contributed by atoms with E-state index in [2.05, 4.69) is 0 Å². The summed E-state index contributed by atoms with van der Waals surface area (Å²) >= 11 is 0. The summed E-state index contributed by atoms with van der Waals surface area (Å²) < 4.78 is 5.27. The molecule has 0 heterocycles. The third-order valence-electron chi connectivity index (χ3n) is 2.72. The van der Waals surface area contributed by atoms with Crippen molar-refractivity contribution in [1.29, 1.82) is 0 Å². The Kier molecular flexibility index (Phi) is 4.38. The van der Waals surface area contributed by atoms with Crippen molar-refractivity contribution in [3.8, 4) is 0 Å². The number of carbonyl (C=O) groups excluding carboxylic acids is 1. The van der Waals surface area contributed by atoms with Gasteiger partial charge in [0.15, 0.2) is 0 Å². The van der Waals surface area contributed by atoms with Crippen LogP contribution in [-0.4, -0.2) is 39.8 Å². The zero-order valence-electron chi connectivity index (χ0n) is 11.3. The summed E-state index contributed by atoms with van der Waals surface area (Å²) in [5.41, 5.74) is -0.629. The molecule has 1 amide bonds. The number of ether oxygens (including phenoxy) is 1. The lowest BCUT2D eigenvalue weighted by Crippen LogP contribution is -2.50. The van der Waals surface area contributed by atoms with Crippen molar-refractivity contribution in [2.45, 2.75) is 58.2 Å². The van der Waals surface area contributed by atoms with Crippen LogP contribution in [0.3, 0.4) is 0 Å². The first kappa shape index (κ1) is 14.5. The van der Waals surface area contributed by atoms with Gasteiger partial charge < -0.3 is 9.84 Å². The van der Waals surface area contributed by atoms with Crippen LogP contribution in [0.5, 0.6) is 0 Å². The van der Waals surface area contributed by atoms with Crippen molar-refractivity contribution < 1.29 is 19.4 Å². The molecule has 1 aliphatic carbocycles. The molecule has 5 heteroatoms. The van der Waals surface area contributed by atoms with Crippen molar-refractivity contribution in [2.75, 3.05) is 0 Å². The van der Waals surface area contributed by atoms with E-state index in [1.54, 1.807) is 20.8 Å². The highest BCUT2D eigenvalue weighted by Gasteiger charge is 2.34. The first-order chi connectivity index (χ1) is 8.22. The van der Waals surface area contributed by atoms with Gasteiger partial charge in [-0.3, -0.25) is 4.90 Å². The Morgan fingerprint density at radius 1 is 1.44 bits per heavy atom. The normalized spacial score (nSPS) is 20.6. The number of allylic oxidation sites excluding steroid dienone is 1. The van der Waals surface area contributed by atoms with Gasteiger partial charge in [-0.1, -0.05) is 12.2 Å². The molecule has 0 aromatic heterocycles. The SMILES string of the molecule is CC(C(=O)O)N(C(=O)OC(C)(C)C)C1C=CCC1. The Bertz CT molecular complexity index is 354. The van der Waals surface area contributed by atoms with Crippen molar-refractivity contribution in [1.82, 2.24) is 4.90 Å². The highest BCUT2D eigenvalue weighted by atomic mass is 16.6.